The number of nitrogens with one attached hydrogen (secondary N) is 2. The summed E-state index contributed by atoms with van der Waals surface area (Å²) in [6.07, 6.45) is 3.05. The molecule has 5 heteroatoms. The van der Waals surface area contributed by atoms with Crippen LogP contribution in [0.3, 0.4) is 0 Å². The van der Waals surface area contributed by atoms with Crippen LogP contribution in [0, 0.1) is 0 Å². The van der Waals surface area contributed by atoms with Gasteiger partial charge in [0.2, 0.25) is 11.8 Å². The molecular weight excluding hydrogens is 232 g/mol. The number of ketones is 1. The van der Waals surface area contributed by atoms with Crippen LogP contribution in [0.4, 0.5) is 0 Å². The maximum Gasteiger partial charge on any atom is 0.222 e. The number of carbonyl (C=O) groups excluding carboxylic acids is 3. The Morgan fingerprint density at radius 3 is 2.28 bits per heavy atom. The molecule has 0 fully saturated rings. The van der Waals surface area contributed by atoms with Crippen molar-refractivity contribution >= 4 is 17.6 Å². The standard InChI is InChI=1S/C13H24N2O3/c1-4-6-8-14-13(18)9-11(15-10(3)16)12(17)7-5-2/h11H,4-9H2,1-3H3,(H,14,18)(H,15,16). The minimum absolute atomic E-state index is 0.0299. The first kappa shape index (κ1) is 16.6. The molecule has 5 nitrogen and oxygen atoms in total. The van der Waals surface area contributed by atoms with Crippen LogP contribution in [0.5, 0.6) is 0 Å². The first-order chi connectivity index (χ1) is 8.51. The second-order valence-corrected chi connectivity index (χ2v) is 4.38. The molecule has 2 amide bonds. The lowest BCUT2D eigenvalue weighted by Crippen LogP contribution is -2.43. The molecule has 0 aliphatic heterocycles. The van der Waals surface area contributed by atoms with E-state index in [9.17, 15) is 14.4 Å². The van der Waals surface area contributed by atoms with E-state index in [4.69, 9.17) is 0 Å². The molecule has 0 spiro atoms. The van der Waals surface area contributed by atoms with E-state index in [0.717, 1.165) is 12.8 Å². The van der Waals surface area contributed by atoms with Gasteiger partial charge in [-0.25, -0.2) is 0 Å². The fraction of sp³-hybridized carbons (Fsp3) is 0.769. The molecule has 2 N–H and O–H groups in total. The summed E-state index contributed by atoms with van der Waals surface area (Å²) in [4.78, 5) is 34.4. The number of carbonyl (C=O) groups is 3. The topological polar surface area (TPSA) is 75.3 Å². The average Bonchev–Trinajstić information content (AvgIpc) is 2.28. The Hall–Kier alpha value is -1.39. The number of hydrogen-bond donors (Lipinski definition) is 2. The lowest BCUT2D eigenvalue weighted by atomic mass is 10.0. The van der Waals surface area contributed by atoms with Gasteiger partial charge in [0.15, 0.2) is 5.78 Å². The third-order valence-corrected chi connectivity index (χ3v) is 2.50. The Morgan fingerprint density at radius 1 is 1.11 bits per heavy atom. The quantitative estimate of drug-likeness (QED) is 0.608. The van der Waals surface area contributed by atoms with Crippen LogP contribution in [0.15, 0.2) is 0 Å². The number of amides is 2. The SMILES string of the molecule is CCCCNC(=O)CC(NC(C)=O)C(=O)CCC. The molecule has 0 aromatic heterocycles. The number of Topliss-reactive ketones (excluding diaryl/α,β-unsaturated/α-hetero) is 1. The summed E-state index contributed by atoms with van der Waals surface area (Å²) in [5.41, 5.74) is 0. The fourth-order valence-electron chi connectivity index (χ4n) is 1.57. The normalized spacial score (nSPS) is 11.7. The first-order valence-corrected chi connectivity index (χ1v) is 6.57. The molecule has 0 aliphatic rings. The molecule has 0 radical (unpaired) electrons. The van der Waals surface area contributed by atoms with Gasteiger partial charge in [0.05, 0.1) is 12.5 Å². The highest BCUT2D eigenvalue weighted by atomic mass is 16.2. The molecule has 0 aromatic carbocycles. The third-order valence-electron chi connectivity index (χ3n) is 2.50. The van der Waals surface area contributed by atoms with Gasteiger partial charge in [-0.1, -0.05) is 20.3 Å². The van der Waals surface area contributed by atoms with Gasteiger partial charge >= 0.3 is 0 Å². The van der Waals surface area contributed by atoms with Crippen LogP contribution in [0.25, 0.3) is 0 Å². The van der Waals surface area contributed by atoms with E-state index in [1.165, 1.54) is 6.92 Å². The molecule has 0 saturated heterocycles. The molecule has 1 atom stereocenters. The van der Waals surface area contributed by atoms with Crippen LogP contribution in [-0.2, 0) is 14.4 Å². The smallest absolute Gasteiger partial charge is 0.222 e. The zero-order chi connectivity index (χ0) is 14.0. The number of unbranched alkanes of at least 4 members (excludes halogenated alkanes) is 1. The molecule has 0 aromatic rings. The Balaban J connectivity index is 4.26. The van der Waals surface area contributed by atoms with Crippen molar-refractivity contribution in [2.75, 3.05) is 6.54 Å². The molecule has 1 unspecified atom stereocenters. The van der Waals surface area contributed by atoms with Gasteiger partial charge in [-0.2, -0.15) is 0 Å². The van der Waals surface area contributed by atoms with Crippen molar-refractivity contribution in [3.63, 3.8) is 0 Å². The van der Waals surface area contributed by atoms with Crippen LogP contribution in [0.1, 0.15) is 52.9 Å². The Kier molecular flexibility index (Phi) is 8.88. The highest BCUT2D eigenvalue weighted by molar-refractivity contribution is 5.92. The largest absolute Gasteiger partial charge is 0.356 e. The van der Waals surface area contributed by atoms with Gasteiger partial charge in [0.25, 0.3) is 0 Å². The summed E-state index contributed by atoms with van der Waals surface area (Å²) in [5.74, 6) is -0.559. The Morgan fingerprint density at radius 2 is 1.78 bits per heavy atom. The van der Waals surface area contributed by atoms with Crippen LogP contribution < -0.4 is 10.6 Å². The fourth-order valence-corrected chi connectivity index (χ4v) is 1.57. The summed E-state index contributed by atoms with van der Waals surface area (Å²) in [5, 5.41) is 5.28. The minimum Gasteiger partial charge on any atom is -0.356 e. The predicted molar refractivity (Wildman–Crippen MR) is 70.1 cm³/mol. The molecular formula is C13H24N2O3. The lowest BCUT2D eigenvalue weighted by Gasteiger charge is -2.16. The zero-order valence-electron chi connectivity index (χ0n) is 11.5. The van der Waals surface area contributed by atoms with Gasteiger partial charge in [-0.3, -0.25) is 14.4 Å². The number of hydrogen-bond acceptors (Lipinski definition) is 3. The van der Waals surface area contributed by atoms with Gasteiger partial charge < -0.3 is 10.6 Å². The van der Waals surface area contributed by atoms with E-state index in [2.05, 4.69) is 10.6 Å². The molecule has 0 rings (SSSR count). The summed E-state index contributed by atoms with van der Waals surface area (Å²) < 4.78 is 0. The highest BCUT2D eigenvalue weighted by Crippen LogP contribution is 2.01. The summed E-state index contributed by atoms with van der Waals surface area (Å²) in [6, 6.07) is -0.691. The second-order valence-electron chi connectivity index (χ2n) is 4.38. The van der Waals surface area contributed by atoms with Gasteiger partial charge in [-0.05, 0) is 12.8 Å². The van der Waals surface area contributed by atoms with Crippen molar-refractivity contribution in [2.45, 2.75) is 58.9 Å². The molecule has 104 valence electrons. The monoisotopic (exact) mass is 256 g/mol. The third kappa shape index (κ3) is 7.81. The molecule has 0 aliphatic carbocycles. The molecule has 0 heterocycles. The summed E-state index contributed by atoms with van der Waals surface area (Å²) in [6.45, 7) is 5.90. The average molecular weight is 256 g/mol. The van der Waals surface area contributed by atoms with Crippen molar-refractivity contribution < 1.29 is 14.4 Å². The highest BCUT2D eigenvalue weighted by Gasteiger charge is 2.21. The van der Waals surface area contributed by atoms with Crippen LogP contribution in [-0.4, -0.2) is 30.2 Å². The van der Waals surface area contributed by atoms with Gasteiger partial charge in [-0.15, -0.1) is 0 Å². The maximum atomic E-state index is 11.7. The lowest BCUT2D eigenvalue weighted by molar-refractivity contribution is -0.130. The van der Waals surface area contributed by atoms with E-state index in [1.54, 1.807) is 0 Å². The number of rotatable bonds is 9. The zero-order valence-corrected chi connectivity index (χ0v) is 11.5. The van der Waals surface area contributed by atoms with E-state index in [1.807, 2.05) is 13.8 Å². The molecule has 18 heavy (non-hydrogen) atoms. The second kappa shape index (κ2) is 9.62. The van der Waals surface area contributed by atoms with Crippen molar-refractivity contribution in [1.29, 1.82) is 0 Å². The van der Waals surface area contributed by atoms with Crippen molar-refractivity contribution in [3.8, 4) is 0 Å². The summed E-state index contributed by atoms with van der Waals surface area (Å²) >= 11 is 0. The predicted octanol–water partition coefficient (Wildman–Crippen LogP) is 1.17. The Bertz CT molecular complexity index is 290. The summed E-state index contributed by atoms with van der Waals surface area (Å²) in [7, 11) is 0. The molecule has 0 bridgehead atoms. The minimum atomic E-state index is -0.691. The molecule has 0 saturated carbocycles. The van der Waals surface area contributed by atoms with Crippen molar-refractivity contribution in [1.82, 2.24) is 10.6 Å². The van der Waals surface area contributed by atoms with Crippen LogP contribution >= 0.6 is 0 Å². The van der Waals surface area contributed by atoms with E-state index < -0.39 is 6.04 Å². The van der Waals surface area contributed by atoms with Crippen molar-refractivity contribution in [2.24, 2.45) is 0 Å². The van der Waals surface area contributed by atoms with E-state index in [0.29, 0.717) is 19.4 Å². The van der Waals surface area contributed by atoms with E-state index >= 15 is 0 Å². The maximum absolute atomic E-state index is 11.7. The van der Waals surface area contributed by atoms with Gasteiger partial charge in [0, 0.05) is 19.9 Å². The van der Waals surface area contributed by atoms with Crippen molar-refractivity contribution in [3.05, 3.63) is 0 Å². The Labute approximate surface area is 109 Å². The van der Waals surface area contributed by atoms with Gasteiger partial charge in [0.1, 0.15) is 0 Å². The first-order valence-electron chi connectivity index (χ1n) is 6.57. The van der Waals surface area contributed by atoms with E-state index in [-0.39, 0.29) is 24.0 Å². The van der Waals surface area contributed by atoms with Crippen LogP contribution in [0.2, 0.25) is 0 Å².